The van der Waals surface area contributed by atoms with Crippen molar-refractivity contribution in [2.24, 2.45) is 0 Å². The van der Waals surface area contributed by atoms with Crippen molar-refractivity contribution in [3.8, 4) is 17.0 Å². The molecular weight excluding hydrogens is 320 g/mol. The van der Waals surface area contributed by atoms with E-state index in [-0.39, 0.29) is 17.9 Å². The highest BCUT2D eigenvalue weighted by molar-refractivity contribution is 5.59. The number of hydrogen-bond acceptors (Lipinski definition) is 5. The first-order chi connectivity index (χ1) is 11.5. The van der Waals surface area contributed by atoms with Crippen molar-refractivity contribution in [1.29, 1.82) is 0 Å². The van der Waals surface area contributed by atoms with Gasteiger partial charge in [-0.2, -0.15) is 13.9 Å². The van der Waals surface area contributed by atoms with E-state index in [0.29, 0.717) is 22.8 Å². The molecule has 24 heavy (non-hydrogen) atoms. The molecule has 8 heteroatoms. The Kier molecular flexibility index (Phi) is 4.37. The van der Waals surface area contributed by atoms with Crippen LogP contribution in [0.25, 0.3) is 11.3 Å². The van der Waals surface area contributed by atoms with Gasteiger partial charge in [-0.15, -0.1) is 0 Å². The van der Waals surface area contributed by atoms with Crippen LogP contribution in [0.5, 0.6) is 5.75 Å². The maximum Gasteiger partial charge on any atom is 0.387 e. The molecule has 0 spiro atoms. The van der Waals surface area contributed by atoms with E-state index in [1.54, 1.807) is 25.1 Å². The van der Waals surface area contributed by atoms with Crippen molar-refractivity contribution in [2.45, 2.75) is 20.1 Å². The van der Waals surface area contributed by atoms with Crippen molar-refractivity contribution in [2.75, 3.05) is 0 Å². The molecule has 3 aromatic rings. The number of nitrogens with zero attached hydrogens (tertiary/aromatic N) is 3. The molecular formula is C16H13F2N3O3. The van der Waals surface area contributed by atoms with Crippen LogP contribution in [-0.4, -0.2) is 21.4 Å². The molecule has 0 fully saturated rings. The van der Waals surface area contributed by atoms with E-state index in [0.717, 1.165) is 0 Å². The van der Waals surface area contributed by atoms with Crippen LogP contribution in [0.1, 0.15) is 11.6 Å². The number of rotatable bonds is 5. The monoisotopic (exact) mass is 333 g/mol. The Balaban J connectivity index is 1.86. The number of benzene rings is 1. The summed E-state index contributed by atoms with van der Waals surface area (Å²) >= 11 is 0. The van der Waals surface area contributed by atoms with Crippen LogP contribution in [0.4, 0.5) is 8.78 Å². The summed E-state index contributed by atoms with van der Waals surface area (Å²) in [6.45, 7) is -0.990. The molecule has 0 amide bonds. The molecule has 0 aliphatic rings. The molecule has 0 unspecified atom stereocenters. The number of ether oxygens (including phenoxy) is 1. The number of halogens is 2. The molecule has 0 N–H and O–H groups in total. The van der Waals surface area contributed by atoms with Gasteiger partial charge in [0.2, 0.25) is 5.89 Å². The summed E-state index contributed by atoms with van der Waals surface area (Å²) in [5.41, 5.74) is 1.59. The van der Waals surface area contributed by atoms with Crippen molar-refractivity contribution in [1.82, 2.24) is 14.8 Å². The summed E-state index contributed by atoms with van der Waals surface area (Å²) in [5.74, 6) is 0.428. The highest BCUT2D eigenvalue weighted by Gasteiger charge is 2.09. The molecule has 0 radical (unpaired) electrons. The fourth-order valence-electron chi connectivity index (χ4n) is 2.13. The van der Waals surface area contributed by atoms with Crippen LogP contribution in [0.2, 0.25) is 0 Å². The lowest BCUT2D eigenvalue weighted by molar-refractivity contribution is -0.0498. The predicted octanol–water partition coefficient (Wildman–Crippen LogP) is 2.86. The van der Waals surface area contributed by atoms with Crippen LogP contribution < -0.4 is 10.3 Å². The van der Waals surface area contributed by atoms with E-state index >= 15 is 0 Å². The van der Waals surface area contributed by atoms with Gasteiger partial charge in [-0.05, 0) is 37.3 Å². The van der Waals surface area contributed by atoms with Crippen LogP contribution in [-0.2, 0) is 6.54 Å². The third kappa shape index (κ3) is 3.65. The molecule has 2 aromatic heterocycles. The molecule has 0 saturated heterocycles. The summed E-state index contributed by atoms with van der Waals surface area (Å²) in [5, 5.41) is 4.25. The zero-order valence-electron chi connectivity index (χ0n) is 12.6. The number of hydrogen-bond donors (Lipinski definition) is 0. The molecule has 2 heterocycles. The predicted molar refractivity (Wildman–Crippen MR) is 80.9 cm³/mol. The van der Waals surface area contributed by atoms with Gasteiger partial charge in [-0.1, -0.05) is 0 Å². The maximum absolute atomic E-state index is 12.2. The first-order valence-electron chi connectivity index (χ1n) is 7.06. The number of aryl methyl sites for hydroxylation is 1. The Bertz CT molecular complexity index is 888. The standard InChI is InChI=1S/C16H13F2N3O3/c1-10-9-23-14(19-10)8-21-15(22)7-6-13(20-21)11-2-4-12(5-3-11)24-16(17)18/h2-7,9,16H,8H2,1H3. The third-order valence-electron chi connectivity index (χ3n) is 3.19. The minimum Gasteiger partial charge on any atom is -0.447 e. The first kappa shape index (κ1) is 15.9. The minimum absolute atomic E-state index is 0.0531. The largest absolute Gasteiger partial charge is 0.447 e. The highest BCUT2D eigenvalue weighted by Crippen LogP contribution is 2.21. The Hall–Kier alpha value is -3.03. The highest BCUT2D eigenvalue weighted by atomic mass is 19.3. The second-order valence-corrected chi connectivity index (χ2v) is 5.00. The number of oxazole rings is 1. The Morgan fingerprint density at radius 2 is 1.96 bits per heavy atom. The lowest BCUT2D eigenvalue weighted by Crippen LogP contribution is -2.23. The smallest absolute Gasteiger partial charge is 0.387 e. The van der Waals surface area contributed by atoms with E-state index in [4.69, 9.17) is 4.42 Å². The lowest BCUT2D eigenvalue weighted by Gasteiger charge is -2.07. The topological polar surface area (TPSA) is 70.2 Å². The van der Waals surface area contributed by atoms with E-state index in [1.807, 2.05) is 0 Å². The van der Waals surface area contributed by atoms with Crippen molar-refractivity contribution < 1.29 is 17.9 Å². The van der Waals surface area contributed by atoms with Crippen LogP contribution in [0.15, 0.2) is 51.9 Å². The summed E-state index contributed by atoms with van der Waals surface area (Å²) < 4.78 is 35.1. The lowest BCUT2D eigenvalue weighted by atomic mass is 10.1. The molecule has 124 valence electrons. The molecule has 0 bridgehead atoms. The van der Waals surface area contributed by atoms with E-state index in [2.05, 4.69) is 14.8 Å². The van der Waals surface area contributed by atoms with Crippen molar-refractivity contribution in [3.63, 3.8) is 0 Å². The summed E-state index contributed by atoms with van der Waals surface area (Å²) in [4.78, 5) is 16.1. The summed E-state index contributed by atoms with van der Waals surface area (Å²) in [6.07, 6.45) is 1.49. The van der Waals surface area contributed by atoms with E-state index in [1.165, 1.54) is 29.1 Å². The first-order valence-corrected chi connectivity index (χ1v) is 7.06. The van der Waals surface area contributed by atoms with Gasteiger partial charge in [-0.3, -0.25) is 4.79 Å². The quantitative estimate of drug-likeness (QED) is 0.718. The zero-order chi connectivity index (χ0) is 17.1. The molecule has 0 aliphatic heterocycles. The molecule has 1 aromatic carbocycles. The molecule has 0 saturated carbocycles. The fraction of sp³-hybridized carbons (Fsp3) is 0.188. The Morgan fingerprint density at radius 3 is 2.58 bits per heavy atom. The Labute approximate surface area is 135 Å². The van der Waals surface area contributed by atoms with Gasteiger partial charge in [0, 0.05) is 11.6 Å². The normalized spacial score (nSPS) is 11.0. The van der Waals surface area contributed by atoms with Gasteiger partial charge in [-0.25, -0.2) is 9.67 Å². The second-order valence-electron chi connectivity index (χ2n) is 5.00. The molecule has 0 atom stereocenters. The Morgan fingerprint density at radius 1 is 1.21 bits per heavy atom. The average molecular weight is 333 g/mol. The SMILES string of the molecule is Cc1coc(Cn2nc(-c3ccc(OC(F)F)cc3)ccc2=O)n1. The van der Waals surface area contributed by atoms with Crippen molar-refractivity contribution >= 4 is 0 Å². The van der Waals surface area contributed by atoms with Crippen LogP contribution in [0, 0.1) is 6.92 Å². The zero-order valence-corrected chi connectivity index (χ0v) is 12.6. The van der Waals surface area contributed by atoms with Crippen LogP contribution >= 0.6 is 0 Å². The average Bonchev–Trinajstić information content (AvgIpc) is 2.95. The van der Waals surface area contributed by atoms with Gasteiger partial charge < -0.3 is 9.15 Å². The van der Waals surface area contributed by atoms with E-state index < -0.39 is 6.61 Å². The minimum atomic E-state index is -2.87. The van der Waals surface area contributed by atoms with Gasteiger partial charge in [0.1, 0.15) is 18.6 Å². The third-order valence-corrected chi connectivity index (χ3v) is 3.19. The molecule has 3 rings (SSSR count). The fourth-order valence-corrected chi connectivity index (χ4v) is 2.13. The summed E-state index contributed by atoms with van der Waals surface area (Å²) in [6, 6.07) is 8.94. The van der Waals surface area contributed by atoms with Gasteiger partial charge in [0.05, 0.1) is 11.4 Å². The molecule has 6 nitrogen and oxygen atoms in total. The number of aromatic nitrogens is 3. The van der Waals surface area contributed by atoms with Gasteiger partial charge in [0.25, 0.3) is 5.56 Å². The van der Waals surface area contributed by atoms with Gasteiger partial charge >= 0.3 is 6.61 Å². The second kappa shape index (κ2) is 6.61. The molecule has 0 aliphatic carbocycles. The van der Waals surface area contributed by atoms with Crippen LogP contribution in [0.3, 0.4) is 0 Å². The van der Waals surface area contributed by atoms with E-state index in [9.17, 15) is 13.6 Å². The summed E-state index contributed by atoms with van der Waals surface area (Å²) in [7, 11) is 0. The maximum atomic E-state index is 12.2. The van der Waals surface area contributed by atoms with Crippen molar-refractivity contribution in [3.05, 3.63) is 64.6 Å². The number of alkyl halides is 2. The van der Waals surface area contributed by atoms with Gasteiger partial charge in [0.15, 0.2) is 0 Å².